The lowest BCUT2D eigenvalue weighted by atomic mass is 9.82. The molecule has 146 valence electrons. The van der Waals surface area contributed by atoms with Gasteiger partial charge in [-0.3, -0.25) is 14.5 Å². The van der Waals surface area contributed by atoms with Crippen LogP contribution in [0.1, 0.15) is 58.6 Å². The van der Waals surface area contributed by atoms with Crippen molar-refractivity contribution < 1.29 is 14.4 Å². The largest absolute Gasteiger partial charge is 0.350 e. The maximum atomic E-state index is 13.1. The van der Waals surface area contributed by atoms with E-state index in [2.05, 4.69) is 31.4 Å². The third-order valence-corrected chi connectivity index (χ3v) is 5.17. The fraction of sp³-hybridized carbons (Fsp3) is 0.571. The second kappa shape index (κ2) is 6.36. The van der Waals surface area contributed by atoms with Crippen LogP contribution >= 0.6 is 0 Å². The molecule has 1 saturated heterocycles. The molecule has 1 aliphatic heterocycles. The number of imide groups is 1. The lowest BCUT2D eigenvalue weighted by Crippen LogP contribution is -2.50. The van der Waals surface area contributed by atoms with Gasteiger partial charge in [-0.05, 0) is 49.7 Å². The number of rotatable bonds is 4. The van der Waals surface area contributed by atoms with Crippen molar-refractivity contribution in [3.63, 3.8) is 0 Å². The van der Waals surface area contributed by atoms with Crippen molar-refractivity contribution in [1.29, 1.82) is 0 Å². The molecule has 1 heterocycles. The van der Waals surface area contributed by atoms with Crippen LogP contribution in [0.4, 0.5) is 4.79 Å². The lowest BCUT2D eigenvalue weighted by Gasteiger charge is -2.33. The van der Waals surface area contributed by atoms with Crippen molar-refractivity contribution in [3.8, 4) is 0 Å². The molecular formula is C21H29N3O3. The van der Waals surface area contributed by atoms with E-state index >= 15 is 0 Å². The molecule has 0 aromatic heterocycles. The summed E-state index contributed by atoms with van der Waals surface area (Å²) < 4.78 is 0. The van der Waals surface area contributed by atoms with Crippen molar-refractivity contribution in [2.75, 3.05) is 6.54 Å². The van der Waals surface area contributed by atoms with Crippen LogP contribution in [0.15, 0.2) is 24.3 Å². The average Bonchev–Trinajstić information content (AvgIpc) is 2.99. The van der Waals surface area contributed by atoms with Gasteiger partial charge < -0.3 is 10.6 Å². The van der Waals surface area contributed by atoms with E-state index in [4.69, 9.17) is 0 Å². The van der Waals surface area contributed by atoms with Crippen LogP contribution < -0.4 is 10.6 Å². The predicted molar refractivity (Wildman–Crippen MR) is 103 cm³/mol. The molecule has 1 fully saturated rings. The van der Waals surface area contributed by atoms with Crippen LogP contribution in [-0.2, 0) is 21.5 Å². The molecule has 1 atom stereocenters. The first-order valence-electron chi connectivity index (χ1n) is 9.47. The molecule has 1 spiro atoms. The van der Waals surface area contributed by atoms with Gasteiger partial charge in [-0.15, -0.1) is 0 Å². The Balaban J connectivity index is 1.73. The molecular weight excluding hydrogens is 342 g/mol. The number of hydrogen-bond acceptors (Lipinski definition) is 3. The standard InChI is InChI=1S/C21H29N3O3/c1-19(2,3)13-20(4,5)22-16(25)12-24-17(26)21(23-18(24)27)11-10-14-8-6-7-9-15(14)21/h6-9H,10-13H2,1-5H3,(H,22,25)(H,23,27)/t21-/m0/s1. The molecule has 1 aliphatic carbocycles. The molecule has 27 heavy (non-hydrogen) atoms. The van der Waals surface area contributed by atoms with Gasteiger partial charge in [-0.25, -0.2) is 4.79 Å². The van der Waals surface area contributed by atoms with Gasteiger partial charge in [0.25, 0.3) is 5.91 Å². The highest BCUT2D eigenvalue weighted by Gasteiger charge is 2.55. The zero-order valence-electron chi connectivity index (χ0n) is 16.8. The summed E-state index contributed by atoms with van der Waals surface area (Å²) in [4.78, 5) is 39.2. The summed E-state index contributed by atoms with van der Waals surface area (Å²) in [6.07, 6.45) is 2.05. The second-order valence-corrected chi connectivity index (χ2v) is 9.55. The van der Waals surface area contributed by atoms with Gasteiger partial charge in [0.15, 0.2) is 0 Å². The Hall–Kier alpha value is -2.37. The van der Waals surface area contributed by atoms with Gasteiger partial charge in [-0.2, -0.15) is 0 Å². The number of nitrogens with one attached hydrogen (secondary N) is 2. The second-order valence-electron chi connectivity index (χ2n) is 9.55. The number of urea groups is 1. The van der Waals surface area contributed by atoms with E-state index in [0.717, 1.165) is 28.9 Å². The van der Waals surface area contributed by atoms with E-state index in [-0.39, 0.29) is 23.8 Å². The van der Waals surface area contributed by atoms with Gasteiger partial charge in [0.05, 0.1) is 0 Å². The fourth-order valence-corrected chi connectivity index (χ4v) is 4.66. The molecule has 2 aliphatic rings. The van der Waals surface area contributed by atoms with E-state index in [9.17, 15) is 14.4 Å². The minimum absolute atomic E-state index is 0.0508. The maximum Gasteiger partial charge on any atom is 0.325 e. The highest BCUT2D eigenvalue weighted by Crippen LogP contribution is 2.41. The summed E-state index contributed by atoms with van der Waals surface area (Å²) in [5.41, 5.74) is 0.527. The quantitative estimate of drug-likeness (QED) is 0.799. The topological polar surface area (TPSA) is 78.5 Å². The fourth-order valence-electron chi connectivity index (χ4n) is 4.66. The Morgan fingerprint density at radius 2 is 1.85 bits per heavy atom. The zero-order valence-corrected chi connectivity index (χ0v) is 16.8. The molecule has 2 N–H and O–H groups in total. The molecule has 0 saturated carbocycles. The Morgan fingerprint density at radius 3 is 2.52 bits per heavy atom. The van der Waals surface area contributed by atoms with E-state index in [1.807, 2.05) is 38.1 Å². The Morgan fingerprint density at radius 1 is 1.19 bits per heavy atom. The number of carbonyl (C=O) groups is 3. The van der Waals surface area contributed by atoms with Crippen LogP contribution in [0.3, 0.4) is 0 Å². The number of aryl methyl sites for hydroxylation is 1. The van der Waals surface area contributed by atoms with E-state index in [0.29, 0.717) is 6.42 Å². The van der Waals surface area contributed by atoms with E-state index < -0.39 is 17.1 Å². The highest BCUT2D eigenvalue weighted by atomic mass is 16.2. The molecule has 3 rings (SSSR count). The number of nitrogens with zero attached hydrogens (tertiary/aromatic N) is 1. The van der Waals surface area contributed by atoms with E-state index in [1.165, 1.54) is 0 Å². The minimum atomic E-state index is -1.02. The Bertz CT molecular complexity index is 794. The molecule has 0 bridgehead atoms. The third-order valence-electron chi connectivity index (χ3n) is 5.17. The molecule has 0 unspecified atom stereocenters. The molecule has 6 nitrogen and oxygen atoms in total. The highest BCUT2D eigenvalue weighted by molar-refractivity contribution is 6.09. The van der Waals surface area contributed by atoms with Crippen molar-refractivity contribution in [2.45, 2.75) is 65.0 Å². The first-order chi connectivity index (χ1) is 12.4. The summed E-state index contributed by atoms with van der Waals surface area (Å²) in [5.74, 6) is -0.655. The number of benzene rings is 1. The van der Waals surface area contributed by atoms with Gasteiger partial charge >= 0.3 is 6.03 Å². The Kier molecular flexibility index (Phi) is 4.57. The number of hydrogen-bond donors (Lipinski definition) is 2. The van der Waals surface area contributed by atoms with Crippen molar-refractivity contribution in [2.24, 2.45) is 5.41 Å². The van der Waals surface area contributed by atoms with Gasteiger partial charge in [0.1, 0.15) is 12.1 Å². The molecule has 4 amide bonds. The normalized spacial score (nSPS) is 22.2. The zero-order chi connectivity index (χ0) is 20.0. The summed E-state index contributed by atoms with van der Waals surface area (Å²) in [7, 11) is 0. The summed E-state index contributed by atoms with van der Waals surface area (Å²) in [6, 6.07) is 7.17. The van der Waals surface area contributed by atoms with Gasteiger partial charge in [-0.1, -0.05) is 45.0 Å². The number of amides is 4. The Labute approximate surface area is 160 Å². The van der Waals surface area contributed by atoms with Crippen LogP contribution in [0.2, 0.25) is 0 Å². The van der Waals surface area contributed by atoms with Crippen LogP contribution in [0.25, 0.3) is 0 Å². The van der Waals surface area contributed by atoms with Gasteiger partial charge in [0.2, 0.25) is 5.91 Å². The summed E-state index contributed by atoms with van der Waals surface area (Å²) >= 11 is 0. The molecule has 0 radical (unpaired) electrons. The SMILES string of the molecule is CC(C)(C)CC(C)(C)NC(=O)CN1C(=O)N[C@]2(CCc3ccccc32)C1=O. The number of fused-ring (bicyclic) bond motifs is 2. The van der Waals surface area contributed by atoms with Crippen LogP contribution in [-0.4, -0.2) is 34.8 Å². The molecule has 1 aromatic rings. The monoisotopic (exact) mass is 371 g/mol. The lowest BCUT2D eigenvalue weighted by molar-refractivity contribution is -0.135. The summed E-state index contributed by atoms with van der Waals surface area (Å²) in [6.45, 7) is 9.98. The first-order valence-corrected chi connectivity index (χ1v) is 9.47. The van der Waals surface area contributed by atoms with Crippen molar-refractivity contribution in [3.05, 3.63) is 35.4 Å². The smallest absolute Gasteiger partial charge is 0.325 e. The first kappa shape index (κ1) is 19.4. The number of carbonyl (C=O) groups excluding carboxylic acids is 3. The van der Waals surface area contributed by atoms with Crippen LogP contribution in [0.5, 0.6) is 0 Å². The van der Waals surface area contributed by atoms with Crippen molar-refractivity contribution in [1.82, 2.24) is 15.5 Å². The van der Waals surface area contributed by atoms with E-state index in [1.54, 1.807) is 0 Å². The molecule has 1 aromatic carbocycles. The summed E-state index contributed by atoms with van der Waals surface area (Å²) in [5, 5.41) is 5.82. The van der Waals surface area contributed by atoms with Crippen molar-refractivity contribution >= 4 is 17.8 Å². The maximum absolute atomic E-state index is 13.1. The minimum Gasteiger partial charge on any atom is -0.350 e. The van der Waals surface area contributed by atoms with Crippen LogP contribution in [0, 0.1) is 5.41 Å². The van der Waals surface area contributed by atoms with Gasteiger partial charge in [0, 0.05) is 5.54 Å². The third kappa shape index (κ3) is 3.70. The predicted octanol–water partition coefficient (Wildman–Crippen LogP) is 2.71. The average molecular weight is 371 g/mol. The molecule has 6 heteroatoms.